The van der Waals surface area contributed by atoms with Crippen LogP contribution in [-0.2, 0) is 6.18 Å². The lowest BCUT2D eigenvalue weighted by atomic mass is 9.95. The number of hydrogen-bond donors (Lipinski definition) is 1. The van der Waals surface area contributed by atoms with Gasteiger partial charge in [0, 0.05) is 52.7 Å². The minimum Gasteiger partial charge on any atom is -0.370 e. The highest BCUT2D eigenvalue weighted by atomic mass is 35.5. The molecule has 1 aliphatic heterocycles. The van der Waals surface area contributed by atoms with Gasteiger partial charge in [0.1, 0.15) is 0 Å². The van der Waals surface area contributed by atoms with E-state index >= 15 is 0 Å². The van der Waals surface area contributed by atoms with Gasteiger partial charge in [-0.15, -0.1) is 0 Å². The topological polar surface area (TPSA) is 42.1 Å². The van der Waals surface area contributed by atoms with E-state index in [9.17, 15) is 13.2 Å². The molecule has 31 heavy (non-hydrogen) atoms. The monoisotopic (exact) mass is 465 g/mol. The van der Waals surface area contributed by atoms with Crippen LogP contribution in [0.1, 0.15) is 18.4 Å². The molecule has 1 aliphatic rings. The molecule has 0 saturated carbocycles. The Morgan fingerprint density at radius 3 is 1.97 bits per heavy atom. The Hall–Kier alpha value is -2.28. The number of nitrogens with two attached hydrogens (primary N) is 1. The number of anilines is 1. The molecule has 2 aromatic carbocycles. The number of nitrogens with zero attached hydrogens (tertiary/aromatic N) is 2. The smallest absolute Gasteiger partial charge is 0.370 e. The van der Waals surface area contributed by atoms with Crippen LogP contribution >= 0.6 is 23.2 Å². The van der Waals surface area contributed by atoms with Gasteiger partial charge in [-0.05, 0) is 54.3 Å². The maximum Gasteiger partial charge on any atom is 0.416 e. The van der Waals surface area contributed by atoms with Gasteiger partial charge in [0.2, 0.25) is 0 Å². The fraction of sp³-hybridized carbons (Fsp3) is 0.261. The molecule has 4 rings (SSSR count). The molecular formula is C23H20Cl2F3N3. The Morgan fingerprint density at radius 1 is 0.871 bits per heavy atom. The number of benzene rings is 2. The van der Waals surface area contributed by atoms with E-state index in [1.54, 1.807) is 30.6 Å². The van der Waals surface area contributed by atoms with Crippen LogP contribution in [0, 0.1) is 0 Å². The van der Waals surface area contributed by atoms with Crippen LogP contribution in [0.25, 0.3) is 22.3 Å². The molecule has 0 bridgehead atoms. The molecule has 1 aromatic heterocycles. The summed E-state index contributed by atoms with van der Waals surface area (Å²) in [5, 5.41) is 0.989. The Balaban J connectivity index is 1.87. The molecule has 0 amide bonds. The van der Waals surface area contributed by atoms with E-state index in [-0.39, 0.29) is 6.04 Å². The second kappa shape index (κ2) is 8.69. The predicted molar refractivity (Wildman–Crippen MR) is 120 cm³/mol. The van der Waals surface area contributed by atoms with Crippen LogP contribution in [0.2, 0.25) is 10.0 Å². The molecule has 8 heteroatoms. The summed E-state index contributed by atoms with van der Waals surface area (Å²) >= 11 is 12.5. The third-order valence-electron chi connectivity index (χ3n) is 5.47. The Bertz CT molecular complexity index is 1060. The lowest BCUT2D eigenvalue weighted by Gasteiger charge is -2.35. The zero-order valence-electron chi connectivity index (χ0n) is 16.5. The van der Waals surface area contributed by atoms with Crippen molar-refractivity contribution in [2.75, 3.05) is 18.0 Å². The molecule has 1 saturated heterocycles. The minimum atomic E-state index is -4.39. The normalized spacial score (nSPS) is 15.4. The van der Waals surface area contributed by atoms with E-state index < -0.39 is 11.7 Å². The van der Waals surface area contributed by atoms with E-state index in [1.165, 1.54) is 12.1 Å². The van der Waals surface area contributed by atoms with E-state index in [0.29, 0.717) is 15.6 Å². The van der Waals surface area contributed by atoms with Crippen molar-refractivity contribution >= 4 is 28.9 Å². The molecule has 2 N–H and O–H groups in total. The van der Waals surface area contributed by atoms with Gasteiger partial charge in [0.15, 0.2) is 0 Å². The molecule has 162 valence electrons. The van der Waals surface area contributed by atoms with Gasteiger partial charge in [-0.25, -0.2) is 0 Å². The van der Waals surface area contributed by atoms with Gasteiger partial charge in [-0.2, -0.15) is 13.2 Å². The van der Waals surface area contributed by atoms with Crippen molar-refractivity contribution in [3.63, 3.8) is 0 Å². The lowest BCUT2D eigenvalue weighted by Crippen LogP contribution is -2.40. The second-order valence-electron chi connectivity index (χ2n) is 7.64. The first-order valence-electron chi connectivity index (χ1n) is 9.85. The third kappa shape index (κ3) is 4.81. The fourth-order valence-corrected chi connectivity index (χ4v) is 4.41. The van der Waals surface area contributed by atoms with Crippen molar-refractivity contribution in [3.8, 4) is 22.3 Å². The van der Waals surface area contributed by atoms with Gasteiger partial charge in [-0.1, -0.05) is 35.3 Å². The standard InChI is InChI=1S/C23H20Cl2F3N3/c24-17-9-15(10-18(25)11-17)21-13-30-12-20(22(21)31-7-5-19(29)6-8-31)14-1-3-16(4-2-14)23(26,27)28/h1-4,9-13,19H,5-8,29H2. The van der Waals surface area contributed by atoms with Crippen LogP contribution in [0.3, 0.4) is 0 Å². The van der Waals surface area contributed by atoms with Gasteiger partial charge < -0.3 is 10.6 Å². The average molecular weight is 466 g/mol. The van der Waals surface area contributed by atoms with Gasteiger partial charge in [0.25, 0.3) is 0 Å². The van der Waals surface area contributed by atoms with E-state index in [2.05, 4.69) is 9.88 Å². The Morgan fingerprint density at radius 2 is 1.42 bits per heavy atom. The van der Waals surface area contributed by atoms with Crippen LogP contribution in [0.15, 0.2) is 54.9 Å². The highest BCUT2D eigenvalue weighted by Gasteiger charge is 2.30. The number of pyridine rings is 1. The van der Waals surface area contributed by atoms with Crippen molar-refractivity contribution in [1.29, 1.82) is 0 Å². The van der Waals surface area contributed by atoms with Gasteiger partial charge >= 0.3 is 6.18 Å². The van der Waals surface area contributed by atoms with Crippen molar-refractivity contribution < 1.29 is 13.2 Å². The summed E-state index contributed by atoms with van der Waals surface area (Å²) in [5.41, 5.74) is 9.30. The number of halogens is 5. The molecule has 3 nitrogen and oxygen atoms in total. The van der Waals surface area contributed by atoms with Crippen molar-refractivity contribution in [2.45, 2.75) is 25.1 Å². The maximum absolute atomic E-state index is 13.0. The first-order valence-corrected chi connectivity index (χ1v) is 10.6. The largest absolute Gasteiger partial charge is 0.416 e. The highest BCUT2D eigenvalue weighted by Crippen LogP contribution is 2.42. The zero-order chi connectivity index (χ0) is 22.2. The highest BCUT2D eigenvalue weighted by molar-refractivity contribution is 6.35. The van der Waals surface area contributed by atoms with Gasteiger partial charge in [0.05, 0.1) is 11.3 Å². The third-order valence-corrected chi connectivity index (χ3v) is 5.91. The molecule has 0 radical (unpaired) electrons. The SMILES string of the molecule is NC1CCN(c2c(-c3ccc(C(F)(F)F)cc3)cncc2-c2cc(Cl)cc(Cl)c2)CC1. The fourth-order valence-electron chi connectivity index (χ4n) is 3.89. The van der Waals surface area contributed by atoms with Crippen molar-refractivity contribution in [3.05, 3.63) is 70.5 Å². The first kappa shape index (κ1) is 21.9. The zero-order valence-corrected chi connectivity index (χ0v) is 18.0. The van der Waals surface area contributed by atoms with Crippen LogP contribution in [0.5, 0.6) is 0 Å². The molecule has 0 atom stereocenters. The minimum absolute atomic E-state index is 0.136. The molecular weight excluding hydrogens is 446 g/mol. The summed E-state index contributed by atoms with van der Waals surface area (Å²) in [7, 11) is 0. The quantitative estimate of drug-likeness (QED) is 0.469. The van der Waals surface area contributed by atoms with Crippen LogP contribution in [0.4, 0.5) is 18.9 Å². The molecule has 3 aromatic rings. The molecule has 0 aliphatic carbocycles. The van der Waals surface area contributed by atoms with Gasteiger partial charge in [-0.3, -0.25) is 4.98 Å². The number of piperidine rings is 1. The van der Waals surface area contributed by atoms with E-state index in [4.69, 9.17) is 28.9 Å². The van der Waals surface area contributed by atoms with Crippen LogP contribution in [-0.4, -0.2) is 24.1 Å². The number of rotatable bonds is 3. The Labute approximate surface area is 188 Å². The summed E-state index contributed by atoms with van der Waals surface area (Å²) in [6.45, 7) is 1.47. The van der Waals surface area contributed by atoms with E-state index in [1.807, 2.05) is 0 Å². The number of alkyl halides is 3. The number of hydrogen-bond acceptors (Lipinski definition) is 3. The predicted octanol–water partition coefficient (Wildman–Crippen LogP) is 6.67. The van der Waals surface area contributed by atoms with Crippen molar-refractivity contribution in [1.82, 2.24) is 4.98 Å². The lowest BCUT2D eigenvalue weighted by molar-refractivity contribution is -0.137. The number of aromatic nitrogens is 1. The molecule has 0 spiro atoms. The molecule has 0 unspecified atom stereocenters. The first-order chi connectivity index (χ1) is 14.7. The second-order valence-corrected chi connectivity index (χ2v) is 8.51. The Kier molecular flexibility index (Phi) is 6.15. The van der Waals surface area contributed by atoms with E-state index in [0.717, 1.165) is 60.4 Å². The summed E-state index contributed by atoms with van der Waals surface area (Å²) in [6.07, 6.45) is 0.679. The summed E-state index contributed by atoms with van der Waals surface area (Å²) in [4.78, 5) is 6.59. The summed E-state index contributed by atoms with van der Waals surface area (Å²) < 4.78 is 39.1. The maximum atomic E-state index is 13.0. The molecule has 1 fully saturated rings. The van der Waals surface area contributed by atoms with Crippen molar-refractivity contribution in [2.24, 2.45) is 5.73 Å². The molecule has 2 heterocycles. The van der Waals surface area contributed by atoms with Crippen LogP contribution < -0.4 is 10.6 Å². The average Bonchev–Trinajstić information content (AvgIpc) is 2.73. The summed E-state index contributed by atoms with van der Waals surface area (Å²) in [5.74, 6) is 0. The summed E-state index contributed by atoms with van der Waals surface area (Å²) in [6, 6.07) is 10.5.